The molecule has 5 nitrogen and oxygen atoms in total. The molecular weight excluding hydrogens is 266 g/mol. The molecule has 0 aliphatic carbocycles. The molecule has 0 atom stereocenters. The van der Waals surface area contributed by atoms with Gasteiger partial charge in [-0.2, -0.15) is 5.26 Å². The third kappa shape index (κ3) is 5.72. The molecular formula is C16H25N3O2. The second-order valence-electron chi connectivity index (χ2n) is 5.20. The summed E-state index contributed by atoms with van der Waals surface area (Å²) in [7, 11) is 1.64. The van der Waals surface area contributed by atoms with E-state index in [1.165, 1.54) is 0 Å². The average molecular weight is 291 g/mol. The zero-order valence-corrected chi connectivity index (χ0v) is 13.1. The summed E-state index contributed by atoms with van der Waals surface area (Å²) in [5.74, 6) is 0. The monoisotopic (exact) mass is 291 g/mol. The molecule has 2 N–H and O–H groups in total. The highest BCUT2D eigenvalue weighted by Gasteiger charge is 2.11. The van der Waals surface area contributed by atoms with Gasteiger partial charge in [0, 0.05) is 32.8 Å². The lowest BCUT2D eigenvalue weighted by Crippen LogP contribution is -2.31. The number of nitriles is 1. The number of methoxy groups -OCH3 is 1. The lowest BCUT2D eigenvalue weighted by atomic mass is 10.1. The zero-order valence-electron chi connectivity index (χ0n) is 13.1. The van der Waals surface area contributed by atoms with E-state index in [0.717, 1.165) is 17.8 Å². The van der Waals surface area contributed by atoms with Crippen molar-refractivity contribution in [1.29, 1.82) is 5.26 Å². The van der Waals surface area contributed by atoms with Crippen molar-refractivity contribution >= 4 is 5.69 Å². The highest BCUT2D eigenvalue weighted by atomic mass is 16.5. The topological polar surface area (TPSA) is 68.5 Å². The van der Waals surface area contributed by atoms with Crippen molar-refractivity contribution in [2.45, 2.75) is 26.4 Å². The van der Waals surface area contributed by atoms with Gasteiger partial charge in [0.2, 0.25) is 0 Å². The van der Waals surface area contributed by atoms with Gasteiger partial charge in [0.1, 0.15) is 6.07 Å². The van der Waals surface area contributed by atoms with Crippen LogP contribution >= 0.6 is 0 Å². The van der Waals surface area contributed by atoms with Crippen molar-refractivity contribution in [2.24, 2.45) is 0 Å². The molecule has 0 bridgehead atoms. The van der Waals surface area contributed by atoms with Crippen molar-refractivity contribution in [1.82, 2.24) is 5.32 Å². The van der Waals surface area contributed by atoms with Crippen LogP contribution in [0.5, 0.6) is 0 Å². The first-order valence-corrected chi connectivity index (χ1v) is 7.23. The van der Waals surface area contributed by atoms with E-state index >= 15 is 0 Å². The predicted octanol–water partition coefficient (Wildman–Crippen LogP) is 1.50. The molecule has 0 radical (unpaired) electrons. The molecule has 5 heteroatoms. The quantitative estimate of drug-likeness (QED) is 0.721. The first kappa shape index (κ1) is 17.4. The van der Waals surface area contributed by atoms with Gasteiger partial charge in [-0.05, 0) is 17.7 Å². The number of aliphatic hydroxyl groups is 1. The Hall–Kier alpha value is -1.61. The van der Waals surface area contributed by atoms with Crippen LogP contribution in [0.25, 0.3) is 0 Å². The fourth-order valence-electron chi connectivity index (χ4n) is 2.06. The standard InChI is InChI=1S/C16H25N3O2/c1-13(2)18-12-14-4-5-16(15(10-14)11-17)19(6-8-20)7-9-21-3/h4-5,10,13,18,20H,6-9,12H2,1-3H3. The number of hydrogen-bond donors (Lipinski definition) is 2. The maximum Gasteiger partial charge on any atom is 0.101 e. The molecule has 0 unspecified atom stereocenters. The van der Waals surface area contributed by atoms with E-state index < -0.39 is 0 Å². The Morgan fingerprint density at radius 1 is 1.38 bits per heavy atom. The van der Waals surface area contributed by atoms with Crippen LogP contribution in [0.2, 0.25) is 0 Å². The molecule has 0 saturated carbocycles. The SMILES string of the molecule is COCCN(CCO)c1ccc(CNC(C)C)cc1C#N. The van der Waals surface area contributed by atoms with Crippen LogP contribution in [-0.4, -0.2) is 44.6 Å². The van der Waals surface area contributed by atoms with Crippen LogP contribution in [0.3, 0.4) is 0 Å². The van der Waals surface area contributed by atoms with E-state index in [2.05, 4.69) is 25.2 Å². The summed E-state index contributed by atoms with van der Waals surface area (Å²) in [4.78, 5) is 1.97. The third-order valence-corrected chi connectivity index (χ3v) is 3.17. The van der Waals surface area contributed by atoms with Crippen molar-refractivity contribution < 1.29 is 9.84 Å². The Labute approximate surface area is 127 Å². The minimum Gasteiger partial charge on any atom is -0.395 e. The molecule has 0 spiro atoms. The number of aliphatic hydroxyl groups excluding tert-OH is 1. The maximum atomic E-state index is 9.37. The van der Waals surface area contributed by atoms with E-state index in [-0.39, 0.29) is 6.61 Å². The predicted molar refractivity (Wildman–Crippen MR) is 84.3 cm³/mol. The normalized spacial score (nSPS) is 10.7. The number of nitrogens with zero attached hydrogens (tertiary/aromatic N) is 2. The molecule has 1 aromatic carbocycles. The number of ether oxygens (including phenoxy) is 1. The van der Waals surface area contributed by atoms with Gasteiger partial charge in [0.25, 0.3) is 0 Å². The van der Waals surface area contributed by atoms with Crippen LogP contribution in [0, 0.1) is 11.3 Å². The molecule has 0 aromatic heterocycles. The minimum absolute atomic E-state index is 0.0469. The van der Waals surface area contributed by atoms with Crippen LogP contribution in [0.1, 0.15) is 25.0 Å². The largest absolute Gasteiger partial charge is 0.395 e. The smallest absolute Gasteiger partial charge is 0.101 e. The van der Waals surface area contributed by atoms with E-state index in [0.29, 0.717) is 31.3 Å². The van der Waals surface area contributed by atoms with Crippen molar-refractivity contribution in [3.8, 4) is 6.07 Å². The summed E-state index contributed by atoms with van der Waals surface area (Å²) in [6.45, 7) is 6.66. The van der Waals surface area contributed by atoms with E-state index in [1.54, 1.807) is 7.11 Å². The number of benzene rings is 1. The number of anilines is 1. The summed E-state index contributed by atoms with van der Waals surface area (Å²) in [6.07, 6.45) is 0. The summed E-state index contributed by atoms with van der Waals surface area (Å²) < 4.78 is 5.09. The first-order valence-electron chi connectivity index (χ1n) is 7.23. The molecule has 116 valence electrons. The van der Waals surface area contributed by atoms with E-state index in [9.17, 15) is 10.4 Å². The molecule has 0 heterocycles. The number of rotatable bonds is 9. The Morgan fingerprint density at radius 3 is 2.71 bits per heavy atom. The van der Waals surface area contributed by atoms with Crippen LogP contribution in [-0.2, 0) is 11.3 Å². The maximum absolute atomic E-state index is 9.37. The minimum atomic E-state index is 0.0469. The Kier molecular flexibility index (Phi) is 7.76. The molecule has 0 aliphatic rings. The van der Waals surface area contributed by atoms with Gasteiger partial charge < -0.3 is 20.1 Å². The summed E-state index contributed by atoms with van der Waals surface area (Å²) in [5.41, 5.74) is 2.55. The van der Waals surface area contributed by atoms with E-state index in [4.69, 9.17) is 4.74 Å². The van der Waals surface area contributed by atoms with Crippen molar-refractivity contribution in [3.63, 3.8) is 0 Å². The Balaban J connectivity index is 2.92. The van der Waals surface area contributed by atoms with Gasteiger partial charge in [-0.1, -0.05) is 19.9 Å². The Morgan fingerprint density at radius 2 is 2.14 bits per heavy atom. The van der Waals surface area contributed by atoms with Crippen LogP contribution < -0.4 is 10.2 Å². The molecule has 0 saturated heterocycles. The lowest BCUT2D eigenvalue weighted by Gasteiger charge is -2.25. The molecule has 1 rings (SSSR count). The van der Waals surface area contributed by atoms with E-state index in [1.807, 2.05) is 23.1 Å². The van der Waals surface area contributed by atoms with Gasteiger partial charge in [-0.3, -0.25) is 0 Å². The molecule has 0 fully saturated rings. The van der Waals surface area contributed by atoms with Crippen molar-refractivity contribution in [3.05, 3.63) is 29.3 Å². The fraction of sp³-hybridized carbons (Fsp3) is 0.562. The van der Waals surface area contributed by atoms with Gasteiger partial charge in [0.15, 0.2) is 0 Å². The molecule has 0 amide bonds. The Bertz CT molecular complexity index is 469. The number of nitrogens with one attached hydrogen (secondary N) is 1. The first-order chi connectivity index (χ1) is 10.1. The number of hydrogen-bond acceptors (Lipinski definition) is 5. The lowest BCUT2D eigenvalue weighted by molar-refractivity contribution is 0.203. The summed E-state index contributed by atoms with van der Waals surface area (Å²) in [6, 6.07) is 8.52. The van der Waals surface area contributed by atoms with Crippen LogP contribution in [0.15, 0.2) is 18.2 Å². The molecule has 0 aliphatic heterocycles. The second-order valence-corrected chi connectivity index (χ2v) is 5.20. The van der Waals surface area contributed by atoms with Crippen LogP contribution in [0.4, 0.5) is 5.69 Å². The second kappa shape index (κ2) is 9.35. The van der Waals surface area contributed by atoms with Crippen molar-refractivity contribution in [2.75, 3.05) is 38.3 Å². The highest BCUT2D eigenvalue weighted by molar-refractivity contribution is 5.60. The highest BCUT2D eigenvalue weighted by Crippen LogP contribution is 2.21. The van der Waals surface area contributed by atoms with Gasteiger partial charge in [-0.25, -0.2) is 0 Å². The van der Waals surface area contributed by atoms with Gasteiger partial charge >= 0.3 is 0 Å². The fourth-order valence-corrected chi connectivity index (χ4v) is 2.06. The summed E-state index contributed by atoms with van der Waals surface area (Å²) >= 11 is 0. The molecule has 1 aromatic rings. The zero-order chi connectivity index (χ0) is 15.7. The average Bonchev–Trinajstić information content (AvgIpc) is 2.49. The molecule has 21 heavy (non-hydrogen) atoms. The third-order valence-electron chi connectivity index (χ3n) is 3.17. The summed E-state index contributed by atoms with van der Waals surface area (Å²) in [5, 5.41) is 21.9. The van der Waals surface area contributed by atoms with Gasteiger partial charge in [-0.15, -0.1) is 0 Å². The van der Waals surface area contributed by atoms with Gasteiger partial charge in [0.05, 0.1) is 24.5 Å².